The van der Waals surface area contributed by atoms with Gasteiger partial charge < -0.3 is 14.9 Å². The summed E-state index contributed by atoms with van der Waals surface area (Å²) < 4.78 is 15.1. The molecule has 38 heavy (non-hydrogen) atoms. The van der Waals surface area contributed by atoms with Gasteiger partial charge in [-0.15, -0.1) is 0 Å². The second-order valence-corrected chi connectivity index (χ2v) is 10.6. The Labute approximate surface area is 227 Å². The predicted octanol–water partition coefficient (Wildman–Crippen LogP) is 3.14. The topological polar surface area (TPSA) is 98.5 Å². The van der Waals surface area contributed by atoms with Crippen LogP contribution in [0.15, 0.2) is 52.3 Å². The summed E-state index contributed by atoms with van der Waals surface area (Å²) in [6, 6.07) is 9.99. The fourth-order valence-electron chi connectivity index (χ4n) is 4.53. The van der Waals surface area contributed by atoms with E-state index in [4.69, 9.17) is 22.3 Å². The molecule has 0 atom stereocenters. The summed E-state index contributed by atoms with van der Waals surface area (Å²) in [5.41, 5.74) is 2.23. The molecule has 2 saturated heterocycles. The summed E-state index contributed by atoms with van der Waals surface area (Å²) in [6.07, 6.45) is 2.93. The number of carbonyl (C=O) groups excluding carboxylic acids is 1. The Bertz CT molecular complexity index is 1530. The number of pyridine rings is 1. The van der Waals surface area contributed by atoms with Gasteiger partial charge in [0.1, 0.15) is 21.6 Å². The number of carboxylic acids is 1. The van der Waals surface area contributed by atoms with Crippen molar-refractivity contribution >= 4 is 63.4 Å². The van der Waals surface area contributed by atoms with Crippen LogP contribution in [0.3, 0.4) is 0 Å². The molecule has 196 valence electrons. The minimum Gasteiger partial charge on any atom is -0.481 e. The number of halogens is 1. The summed E-state index contributed by atoms with van der Waals surface area (Å²) in [5.74, 6) is -1.28. The largest absolute Gasteiger partial charge is 0.481 e. The standard InChI is InChI=1S/C26H24FN5O4S2/c1-16-3-2-9-31-22(16)28-23(30-13-11-29(12-14-30)18-6-4-17(27)5-7-18)19(24(31)35)15-20-25(36)32(26(37)38-20)10-8-21(33)34/h2-7,9,15H,8,10-14H2,1H3,(H,33,34). The molecule has 2 aliphatic heterocycles. The van der Waals surface area contributed by atoms with Gasteiger partial charge >= 0.3 is 5.97 Å². The van der Waals surface area contributed by atoms with Crippen LogP contribution < -0.4 is 15.4 Å². The molecule has 9 nitrogen and oxygen atoms in total. The number of rotatable bonds is 6. The van der Waals surface area contributed by atoms with E-state index in [1.807, 2.05) is 17.9 Å². The Kier molecular flexibility index (Phi) is 7.17. The summed E-state index contributed by atoms with van der Waals surface area (Å²) in [7, 11) is 0. The zero-order valence-corrected chi connectivity index (χ0v) is 22.1. The molecule has 1 aromatic carbocycles. The van der Waals surface area contributed by atoms with Crippen molar-refractivity contribution < 1.29 is 19.1 Å². The van der Waals surface area contributed by atoms with Crippen LogP contribution in [-0.4, -0.2) is 68.3 Å². The molecule has 2 aromatic heterocycles. The van der Waals surface area contributed by atoms with Crippen LogP contribution in [0.1, 0.15) is 17.5 Å². The molecule has 2 aliphatic rings. The van der Waals surface area contributed by atoms with E-state index in [0.29, 0.717) is 37.6 Å². The molecule has 3 aromatic rings. The Morgan fingerprint density at radius 2 is 1.82 bits per heavy atom. The van der Waals surface area contributed by atoms with Gasteiger partial charge in [0, 0.05) is 44.6 Å². The number of carboxylic acid groups (broad SMARTS) is 1. The average Bonchev–Trinajstić information content (AvgIpc) is 3.17. The molecular formula is C26H24FN5O4S2. The molecule has 0 spiro atoms. The van der Waals surface area contributed by atoms with Gasteiger partial charge in [-0.3, -0.25) is 23.7 Å². The lowest BCUT2D eigenvalue weighted by Gasteiger charge is -2.37. The molecule has 0 bridgehead atoms. The van der Waals surface area contributed by atoms with Crippen LogP contribution in [0.5, 0.6) is 0 Å². The number of amides is 1. The first kappa shape index (κ1) is 25.9. The minimum absolute atomic E-state index is 0.0380. The number of hydrogen-bond donors (Lipinski definition) is 1. The van der Waals surface area contributed by atoms with Crippen molar-refractivity contribution in [2.45, 2.75) is 13.3 Å². The van der Waals surface area contributed by atoms with E-state index in [2.05, 4.69) is 4.90 Å². The number of aromatic nitrogens is 2. The number of carbonyl (C=O) groups is 2. The molecule has 0 unspecified atom stereocenters. The van der Waals surface area contributed by atoms with E-state index < -0.39 is 11.9 Å². The van der Waals surface area contributed by atoms with Crippen molar-refractivity contribution in [1.29, 1.82) is 0 Å². The summed E-state index contributed by atoms with van der Waals surface area (Å²) in [5, 5.41) is 9.01. The average molecular weight is 554 g/mol. The van der Waals surface area contributed by atoms with E-state index in [0.717, 1.165) is 23.0 Å². The normalized spacial score (nSPS) is 17.2. The number of piperazine rings is 1. The van der Waals surface area contributed by atoms with Crippen LogP contribution in [-0.2, 0) is 9.59 Å². The van der Waals surface area contributed by atoms with E-state index in [-0.39, 0.29) is 39.1 Å². The Balaban J connectivity index is 1.51. The number of fused-ring (bicyclic) bond motifs is 1. The number of nitrogens with zero attached hydrogens (tertiary/aromatic N) is 5. The van der Waals surface area contributed by atoms with Gasteiger partial charge in [-0.05, 0) is 48.9 Å². The highest BCUT2D eigenvalue weighted by molar-refractivity contribution is 8.26. The zero-order chi connectivity index (χ0) is 27.0. The fraction of sp³-hybridized carbons (Fsp3) is 0.269. The van der Waals surface area contributed by atoms with Crippen LogP contribution in [0.25, 0.3) is 11.7 Å². The van der Waals surface area contributed by atoms with Gasteiger partial charge in [0.15, 0.2) is 0 Å². The fourth-order valence-corrected chi connectivity index (χ4v) is 5.82. The number of thiocarbonyl (C=S) groups is 1. The molecule has 12 heteroatoms. The van der Waals surface area contributed by atoms with Crippen LogP contribution in [0.4, 0.5) is 15.9 Å². The molecule has 0 aliphatic carbocycles. The first-order chi connectivity index (χ1) is 18.2. The quantitative estimate of drug-likeness (QED) is 0.365. The summed E-state index contributed by atoms with van der Waals surface area (Å²) >= 11 is 6.35. The predicted molar refractivity (Wildman–Crippen MR) is 149 cm³/mol. The SMILES string of the molecule is Cc1cccn2c(=O)c(C=C3SC(=S)N(CCC(=O)O)C3=O)c(N3CCN(c4ccc(F)cc4)CC3)nc12. The Hall–Kier alpha value is -3.77. The number of hydrogen-bond acceptors (Lipinski definition) is 8. The van der Waals surface area contributed by atoms with Gasteiger partial charge in [0.25, 0.3) is 11.5 Å². The number of aliphatic carboxylic acids is 1. The maximum absolute atomic E-state index is 13.7. The minimum atomic E-state index is -1.03. The molecular weight excluding hydrogens is 529 g/mol. The Morgan fingerprint density at radius 3 is 2.50 bits per heavy atom. The number of aryl methyl sites for hydroxylation is 1. The third-order valence-corrected chi connectivity index (χ3v) is 7.91. The lowest BCUT2D eigenvalue weighted by Crippen LogP contribution is -2.47. The molecule has 0 saturated carbocycles. The lowest BCUT2D eigenvalue weighted by atomic mass is 10.2. The summed E-state index contributed by atoms with van der Waals surface area (Å²) in [4.78, 5) is 48.3. The number of anilines is 2. The third kappa shape index (κ3) is 5.01. The highest BCUT2D eigenvalue weighted by Crippen LogP contribution is 2.34. The van der Waals surface area contributed by atoms with Crippen molar-refractivity contribution in [2.75, 3.05) is 42.5 Å². The van der Waals surface area contributed by atoms with Gasteiger partial charge in [0.2, 0.25) is 0 Å². The smallest absolute Gasteiger partial charge is 0.305 e. The molecule has 1 N–H and O–H groups in total. The molecule has 1 amide bonds. The van der Waals surface area contributed by atoms with Gasteiger partial charge in [-0.2, -0.15) is 0 Å². The van der Waals surface area contributed by atoms with E-state index >= 15 is 0 Å². The number of benzene rings is 1. The van der Waals surface area contributed by atoms with Gasteiger partial charge in [-0.25, -0.2) is 9.37 Å². The van der Waals surface area contributed by atoms with E-state index in [9.17, 15) is 18.8 Å². The second-order valence-electron chi connectivity index (χ2n) is 8.97. The highest BCUT2D eigenvalue weighted by Gasteiger charge is 2.33. The Morgan fingerprint density at radius 1 is 1.13 bits per heavy atom. The van der Waals surface area contributed by atoms with Crippen molar-refractivity contribution in [2.24, 2.45) is 0 Å². The zero-order valence-electron chi connectivity index (χ0n) is 20.5. The highest BCUT2D eigenvalue weighted by atomic mass is 32.2. The molecule has 5 rings (SSSR count). The molecule has 2 fully saturated rings. The van der Waals surface area contributed by atoms with E-state index in [1.165, 1.54) is 27.5 Å². The van der Waals surface area contributed by atoms with Crippen LogP contribution in [0.2, 0.25) is 0 Å². The van der Waals surface area contributed by atoms with E-state index in [1.54, 1.807) is 24.4 Å². The van der Waals surface area contributed by atoms with Gasteiger partial charge in [-0.1, -0.05) is 30.0 Å². The van der Waals surface area contributed by atoms with Crippen molar-refractivity contribution in [3.63, 3.8) is 0 Å². The van der Waals surface area contributed by atoms with Crippen molar-refractivity contribution in [3.05, 3.63) is 74.8 Å². The second kappa shape index (κ2) is 10.5. The number of thioether (sulfide) groups is 1. The lowest BCUT2D eigenvalue weighted by molar-refractivity contribution is -0.137. The van der Waals surface area contributed by atoms with Crippen LogP contribution >= 0.6 is 24.0 Å². The van der Waals surface area contributed by atoms with Gasteiger partial charge in [0.05, 0.1) is 16.9 Å². The third-order valence-electron chi connectivity index (χ3n) is 6.53. The van der Waals surface area contributed by atoms with Crippen molar-refractivity contribution in [1.82, 2.24) is 14.3 Å². The molecule has 4 heterocycles. The monoisotopic (exact) mass is 553 g/mol. The summed E-state index contributed by atoms with van der Waals surface area (Å²) in [6.45, 7) is 4.24. The first-order valence-corrected chi connectivity index (χ1v) is 13.2. The maximum atomic E-state index is 13.7. The first-order valence-electron chi connectivity index (χ1n) is 12.0. The van der Waals surface area contributed by atoms with Crippen molar-refractivity contribution in [3.8, 4) is 0 Å². The molecule has 0 radical (unpaired) electrons. The maximum Gasteiger partial charge on any atom is 0.305 e. The van der Waals surface area contributed by atoms with Crippen LogP contribution in [0, 0.1) is 12.7 Å².